The Hall–Kier alpha value is -2.00. The molecular formula is C20H24ClNO2. The van der Waals surface area contributed by atoms with Crippen LogP contribution in [0, 0.1) is 13.8 Å². The van der Waals surface area contributed by atoms with E-state index < -0.39 is 0 Å². The van der Waals surface area contributed by atoms with Gasteiger partial charge in [0.25, 0.3) is 5.91 Å². The van der Waals surface area contributed by atoms with Gasteiger partial charge in [0.05, 0.1) is 10.7 Å². The predicted octanol–water partition coefficient (Wildman–Crippen LogP) is 5.27. The standard InChI is InChI=1S/C20H24ClNO2/c1-13-10-14(2)19(16(21)11-13)22-18(23)12-24-17-9-7-6-8-15(17)20(3,4)5/h6-11H,12H2,1-5H3,(H,22,23). The summed E-state index contributed by atoms with van der Waals surface area (Å²) in [7, 11) is 0. The summed E-state index contributed by atoms with van der Waals surface area (Å²) in [6.45, 7) is 10.2. The molecule has 0 aliphatic rings. The van der Waals surface area contributed by atoms with Gasteiger partial charge >= 0.3 is 0 Å². The van der Waals surface area contributed by atoms with E-state index in [1.807, 2.05) is 50.2 Å². The Labute approximate surface area is 149 Å². The number of rotatable bonds is 4. The van der Waals surface area contributed by atoms with E-state index in [-0.39, 0.29) is 17.9 Å². The van der Waals surface area contributed by atoms with Gasteiger partial charge in [-0.3, -0.25) is 4.79 Å². The third kappa shape index (κ3) is 4.51. The van der Waals surface area contributed by atoms with Crippen molar-refractivity contribution in [2.45, 2.75) is 40.0 Å². The number of halogens is 1. The molecule has 1 amide bonds. The van der Waals surface area contributed by atoms with Crippen molar-refractivity contribution >= 4 is 23.2 Å². The minimum atomic E-state index is -0.229. The molecule has 128 valence electrons. The summed E-state index contributed by atoms with van der Waals surface area (Å²) in [4.78, 5) is 12.2. The van der Waals surface area contributed by atoms with E-state index in [4.69, 9.17) is 16.3 Å². The number of hydrogen-bond acceptors (Lipinski definition) is 2. The van der Waals surface area contributed by atoms with E-state index in [1.54, 1.807) is 0 Å². The van der Waals surface area contributed by atoms with Crippen LogP contribution in [0.15, 0.2) is 36.4 Å². The Balaban J connectivity index is 2.08. The van der Waals surface area contributed by atoms with Crippen molar-refractivity contribution in [3.63, 3.8) is 0 Å². The minimum absolute atomic E-state index is 0.0517. The van der Waals surface area contributed by atoms with E-state index in [2.05, 4.69) is 26.1 Å². The lowest BCUT2D eigenvalue weighted by atomic mass is 9.86. The Kier molecular flexibility index (Phi) is 5.55. The molecule has 0 saturated heterocycles. The van der Waals surface area contributed by atoms with Gasteiger partial charge in [-0.25, -0.2) is 0 Å². The predicted molar refractivity (Wildman–Crippen MR) is 100 cm³/mol. The molecule has 0 fully saturated rings. The van der Waals surface area contributed by atoms with Gasteiger partial charge in [0.2, 0.25) is 0 Å². The first kappa shape index (κ1) is 18.3. The SMILES string of the molecule is Cc1cc(C)c(NC(=O)COc2ccccc2C(C)(C)C)c(Cl)c1. The van der Waals surface area contributed by atoms with Crippen LogP contribution in [0.2, 0.25) is 5.02 Å². The number of anilines is 1. The zero-order chi connectivity index (χ0) is 17.9. The molecule has 2 aromatic carbocycles. The van der Waals surface area contributed by atoms with Crippen LogP contribution in [0.4, 0.5) is 5.69 Å². The van der Waals surface area contributed by atoms with Crippen LogP contribution in [-0.4, -0.2) is 12.5 Å². The smallest absolute Gasteiger partial charge is 0.262 e. The molecule has 0 aliphatic carbocycles. The summed E-state index contributed by atoms with van der Waals surface area (Å²) in [5.74, 6) is 0.499. The van der Waals surface area contributed by atoms with E-state index in [0.29, 0.717) is 10.7 Å². The Morgan fingerprint density at radius 1 is 1.17 bits per heavy atom. The average molecular weight is 346 g/mol. The Bertz CT molecular complexity index is 725. The second-order valence-corrected chi connectivity index (χ2v) is 7.43. The fraction of sp³-hybridized carbons (Fsp3) is 0.350. The second kappa shape index (κ2) is 7.27. The molecule has 24 heavy (non-hydrogen) atoms. The summed E-state index contributed by atoms with van der Waals surface area (Å²) in [6.07, 6.45) is 0. The number of amides is 1. The minimum Gasteiger partial charge on any atom is -0.483 e. The number of hydrogen-bond donors (Lipinski definition) is 1. The van der Waals surface area contributed by atoms with Crippen molar-refractivity contribution in [1.29, 1.82) is 0 Å². The van der Waals surface area contributed by atoms with Crippen LogP contribution in [0.25, 0.3) is 0 Å². The van der Waals surface area contributed by atoms with Crippen molar-refractivity contribution in [2.24, 2.45) is 0 Å². The molecule has 1 N–H and O–H groups in total. The van der Waals surface area contributed by atoms with Crippen molar-refractivity contribution in [3.05, 3.63) is 58.1 Å². The Morgan fingerprint density at radius 2 is 1.83 bits per heavy atom. The molecule has 0 saturated carbocycles. The molecular weight excluding hydrogens is 322 g/mol. The molecule has 0 aromatic heterocycles. The lowest BCUT2D eigenvalue weighted by Gasteiger charge is -2.22. The third-order valence-corrected chi connectivity index (χ3v) is 4.05. The van der Waals surface area contributed by atoms with E-state index in [9.17, 15) is 4.79 Å². The molecule has 0 aliphatic heterocycles. The maximum absolute atomic E-state index is 12.2. The molecule has 0 bridgehead atoms. The third-order valence-electron chi connectivity index (χ3n) is 3.75. The van der Waals surface area contributed by atoms with Crippen molar-refractivity contribution < 1.29 is 9.53 Å². The van der Waals surface area contributed by atoms with Gasteiger partial charge in [0.1, 0.15) is 5.75 Å². The number of aryl methyl sites for hydroxylation is 2. The maximum Gasteiger partial charge on any atom is 0.262 e. The lowest BCUT2D eigenvalue weighted by Crippen LogP contribution is -2.22. The molecule has 0 spiro atoms. The van der Waals surface area contributed by atoms with Gasteiger partial charge in [-0.15, -0.1) is 0 Å². The molecule has 0 radical (unpaired) electrons. The highest BCUT2D eigenvalue weighted by molar-refractivity contribution is 6.34. The lowest BCUT2D eigenvalue weighted by molar-refractivity contribution is -0.118. The van der Waals surface area contributed by atoms with Crippen molar-refractivity contribution in [2.75, 3.05) is 11.9 Å². The normalized spacial score (nSPS) is 11.2. The van der Waals surface area contributed by atoms with Crippen molar-refractivity contribution in [3.8, 4) is 5.75 Å². The quantitative estimate of drug-likeness (QED) is 0.819. The molecule has 2 rings (SSSR count). The molecule has 2 aromatic rings. The van der Waals surface area contributed by atoms with Crippen LogP contribution in [-0.2, 0) is 10.2 Å². The number of para-hydroxylation sites is 1. The number of ether oxygens (including phenoxy) is 1. The monoisotopic (exact) mass is 345 g/mol. The molecule has 0 atom stereocenters. The number of nitrogens with one attached hydrogen (secondary N) is 1. The largest absolute Gasteiger partial charge is 0.483 e. The molecule has 4 heteroatoms. The highest BCUT2D eigenvalue weighted by Gasteiger charge is 2.19. The second-order valence-electron chi connectivity index (χ2n) is 7.02. The van der Waals surface area contributed by atoms with Gasteiger partial charge in [0.15, 0.2) is 6.61 Å². The van der Waals surface area contributed by atoms with Gasteiger partial charge in [-0.1, -0.05) is 56.6 Å². The van der Waals surface area contributed by atoms with Gasteiger partial charge in [0, 0.05) is 0 Å². The molecule has 0 heterocycles. The number of carbonyl (C=O) groups excluding carboxylic acids is 1. The fourth-order valence-electron chi connectivity index (χ4n) is 2.60. The fourth-order valence-corrected chi connectivity index (χ4v) is 2.97. The maximum atomic E-state index is 12.2. The first-order chi connectivity index (χ1) is 11.2. The van der Waals surface area contributed by atoms with Gasteiger partial charge < -0.3 is 10.1 Å². The average Bonchev–Trinajstić information content (AvgIpc) is 2.48. The van der Waals surface area contributed by atoms with Crippen molar-refractivity contribution in [1.82, 2.24) is 0 Å². The number of carbonyl (C=O) groups is 1. The van der Waals surface area contributed by atoms with Crippen LogP contribution in [0.5, 0.6) is 5.75 Å². The van der Waals surface area contributed by atoms with Crippen LogP contribution in [0.1, 0.15) is 37.5 Å². The molecule has 0 unspecified atom stereocenters. The summed E-state index contributed by atoms with van der Waals surface area (Å²) in [6, 6.07) is 11.6. The summed E-state index contributed by atoms with van der Waals surface area (Å²) in [5, 5.41) is 3.38. The first-order valence-electron chi connectivity index (χ1n) is 7.97. The molecule has 3 nitrogen and oxygen atoms in total. The van der Waals surface area contributed by atoms with E-state index in [1.165, 1.54) is 0 Å². The summed E-state index contributed by atoms with van der Waals surface area (Å²) < 4.78 is 5.75. The summed E-state index contributed by atoms with van der Waals surface area (Å²) in [5.41, 5.74) is 3.65. The van der Waals surface area contributed by atoms with Crippen LogP contribution in [0.3, 0.4) is 0 Å². The van der Waals surface area contributed by atoms with Gasteiger partial charge in [-0.2, -0.15) is 0 Å². The van der Waals surface area contributed by atoms with Gasteiger partial charge in [-0.05, 0) is 48.1 Å². The van der Waals surface area contributed by atoms with Crippen LogP contribution < -0.4 is 10.1 Å². The van der Waals surface area contributed by atoms with Crippen LogP contribution >= 0.6 is 11.6 Å². The topological polar surface area (TPSA) is 38.3 Å². The zero-order valence-electron chi connectivity index (χ0n) is 14.9. The zero-order valence-corrected chi connectivity index (χ0v) is 15.6. The highest BCUT2D eigenvalue weighted by atomic mass is 35.5. The van der Waals surface area contributed by atoms with E-state index >= 15 is 0 Å². The Morgan fingerprint density at radius 3 is 2.46 bits per heavy atom. The first-order valence-corrected chi connectivity index (χ1v) is 8.35. The highest BCUT2D eigenvalue weighted by Crippen LogP contribution is 2.31. The summed E-state index contributed by atoms with van der Waals surface area (Å²) >= 11 is 6.23. The number of benzene rings is 2. The van der Waals surface area contributed by atoms with E-state index in [0.717, 1.165) is 22.4 Å².